The number of aromatic nitrogens is 2. The molecule has 0 spiro atoms. The van der Waals surface area contributed by atoms with Crippen LogP contribution in [0.1, 0.15) is 6.92 Å². The van der Waals surface area contributed by atoms with Crippen LogP contribution in [0, 0.1) is 15.5 Å². The highest BCUT2D eigenvalue weighted by Crippen LogP contribution is 2.31. The van der Waals surface area contributed by atoms with Crippen molar-refractivity contribution in [1.29, 1.82) is 0 Å². The number of para-hydroxylation sites is 1. The lowest BCUT2D eigenvalue weighted by atomic mass is 9.92. The van der Waals surface area contributed by atoms with Gasteiger partial charge in [-0.3, -0.25) is 4.57 Å². The summed E-state index contributed by atoms with van der Waals surface area (Å²) in [6.07, 6.45) is 1.40. The van der Waals surface area contributed by atoms with Gasteiger partial charge in [0.25, 0.3) is 0 Å². The molecule has 1 aromatic heterocycles. The molecule has 0 amide bonds. The first-order chi connectivity index (χ1) is 10.1. The molecule has 1 atom stereocenters. The summed E-state index contributed by atoms with van der Waals surface area (Å²) in [7, 11) is 0. The Hall–Kier alpha value is -2.57. The van der Waals surface area contributed by atoms with E-state index in [-0.39, 0.29) is 11.2 Å². The lowest BCUT2D eigenvalue weighted by Gasteiger charge is -2.32. The van der Waals surface area contributed by atoms with Gasteiger partial charge in [0.2, 0.25) is 0 Å². The summed E-state index contributed by atoms with van der Waals surface area (Å²) in [4.78, 5) is 14.1. The van der Waals surface area contributed by atoms with Gasteiger partial charge in [0, 0.05) is 11.5 Å². The fourth-order valence-corrected chi connectivity index (χ4v) is 2.26. The zero-order chi connectivity index (χ0) is 14.9. The van der Waals surface area contributed by atoms with Crippen LogP contribution in [0.3, 0.4) is 0 Å². The largest absolute Gasteiger partial charge is 0.493 e. The first-order valence-corrected chi connectivity index (χ1v) is 6.58. The minimum Gasteiger partial charge on any atom is -0.493 e. The molecule has 3 rings (SSSR count). The van der Waals surface area contributed by atoms with Gasteiger partial charge in [-0.15, -0.1) is 0 Å². The Bertz CT molecular complexity index is 655. The molecular weight excluding hydrogens is 274 g/mol. The average Bonchev–Trinajstić information content (AvgIpc) is 2.89. The maximum Gasteiger partial charge on any atom is 0.414 e. The van der Waals surface area contributed by atoms with Crippen LogP contribution < -0.4 is 9.47 Å². The van der Waals surface area contributed by atoms with Crippen LogP contribution in [0.15, 0.2) is 36.5 Å². The molecule has 0 radical (unpaired) electrons. The SMILES string of the molecule is C[C@@]1(COc2ccccc2)COc2nc([N+](=O)[O-])cn2C1. The second-order valence-corrected chi connectivity index (χ2v) is 5.47. The van der Waals surface area contributed by atoms with Crippen molar-refractivity contribution in [1.82, 2.24) is 9.55 Å². The van der Waals surface area contributed by atoms with E-state index in [0.717, 1.165) is 5.75 Å². The molecular formula is C14H15N3O4. The Morgan fingerprint density at radius 2 is 2.24 bits per heavy atom. The molecule has 0 bridgehead atoms. The van der Waals surface area contributed by atoms with Crippen molar-refractivity contribution >= 4 is 5.82 Å². The van der Waals surface area contributed by atoms with Crippen molar-refractivity contribution in [3.8, 4) is 11.8 Å². The molecule has 2 heterocycles. The number of nitro groups is 1. The van der Waals surface area contributed by atoms with Crippen LogP contribution in [0.25, 0.3) is 0 Å². The monoisotopic (exact) mass is 289 g/mol. The summed E-state index contributed by atoms with van der Waals surface area (Å²) in [5, 5.41) is 10.7. The van der Waals surface area contributed by atoms with Crippen molar-refractivity contribution < 1.29 is 14.4 Å². The molecule has 1 aliphatic rings. The number of nitrogens with zero attached hydrogens (tertiary/aromatic N) is 3. The van der Waals surface area contributed by atoms with Gasteiger partial charge in [0.1, 0.15) is 18.6 Å². The number of hydrogen-bond donors (Lipinski definition) is 0. The van der Waals surface area contributed by atoms with E-state index in [1.165, 1.54) is 6.20 Å². The Morgan fingerprint density at radius 1 is 1.48 bits per heavy atom. The molecule has 110 valence electrons. The van der Waals surface area contributed by atoms with Crippen molar-refractivity contribution in [2.45, 2.75) is 13.5 Å². The van der Waals surface area contributed by atoms with E-state index < -0.39 is 4.92 Å². The number of benzene rings is 1. The number of rotatable bonds is 4. The van der Waals surface area contributed by atoms with Crippen molar-refractivity contribution in [2.24, 2.45) is 5.41 Å². The number of fused-ring (bicyclic) bond motifs is 1. The smallest absolute Gasteiger partial charge is 0.414 e. The topological polar surface area (TPSA) is 79.4 Å². The van der Waals surface area contributed by atoms with Crippen LogP contribution in [-0.4, -0.2) is 27.7 Å². The van der Waals surface area contributed by atoms with Crippen LogP contribution in [0.4, 0.5) is 5.82 Å². The molecule has 0 unspecified atom stereocenters. The van der Waals surface area contributed by atoms with Crippen molar-refractivity contribution in [3.63, 3.8) is 0 Å². The highest BCUT2D eigenvalue weighted by Gasteiger charge is 2.36. The van der Waals surface area contributed by atoms with Crippen LogP contribution in [0.5, 0.6) is 11.8 Å². The molecule has 0 saturated carbocycles. The Balaban J connectivity index is 1.70. The first kappa shape index (κ1) is 13.4. The van der Waals surface area contributed by atoms with Crippen LogP contribution >= 0.6 is 0 Å². The van der Waals surface area contributed by atoms with Gasteiger partial charge in [-0.1, -0.05) is 25.1 Å². The normalized spacial score (nSPS) is 20.4. The number of ether oxygens (including phenoxy) is 2. The summed E-state index contributed by atoms with van der Waals surface area (Å²) in [6.45, 7) is 3.46. The second-order valence-electron chi connectivity index (χ2n) is 5.47. The lowest BCUT2D eigenvalue weighted by molar-refractivity contribution is -0.389. The van der Waals surface area contributed by atoms with Crippen molar-refractivity contribution in [2.75, 3.05) is 13.2 Å². The molecule has 7 nitrogen and oxygen atoms in total. The van der Waals surface area contributed by atoms with Gasteiger partial charge in [-0.25, -0.2) is 0 Å². The quantitative estimate of drug-likeness (QED) is 0.637. The minimum absolute atomic E-state index is 0.196. The van der Waals surface area contributed by atoms with E-state index in [9.17, 15) is 10.1 Å². The van der Waals surface area contributed by atoms with E-state index in [2.05, 4.69) is 4.98 Å². The predicted molar refractivity (Wildman–Crippen MR) is 74.4 cm³/mol. The zero-order valence-corrected chi connectivity index (χ0v) is 11.6. The molecule has 7 heteroatoms. The van der Waals surface area contributed by atoms with E-state index in [1.54, 1.807) is 4.57 Å². The van der Waals surface area contributed by atoms with Gasteiger partial charge in [0.15, 0.2) is 0 Å². The van der Waals surface area contributed by atoms with E-state index in [1.807, 2.05) is 37.3 Å². The molecule has 0 saturated heterocycles. The molecule has 0 fully saturated rings. The zero-order valence-electron chi connectivity index (χ0n) is 11.6. The van der Waals surface area contributed by atoms with Gasteiger partial charge in [-0.05, 0) is 17.1 Å². The minimum atomic E-state index is -0.521. The number of imidazole rings is 1. The highest BCUT2D eigenvalue weighted by molar-refractivity contribution is 5.23. The molecule has 0 N–H and O–H groups in total. The second kappa shape index (κ2) is 5.08. The molecule has 1 aromatic carbocycles. The fourth-order valence-electron chi connectivity index (χ4n) is 2.26. The summed E-state index contributed by atoms with van der Waals surface area (Å²) in [5.74, 6) is 0.597. The average molecular weight is 289 g/mol. The van der Waals surface area contributed by atoms with Gasteiger partial charge in [-0.2, -0.15) is 0 Å². The lowest BCUT2D eigenvalue weighted by Crippen LogP contribution is -2.39. The highest BCUT2D eigenvalue weighted by atomic mass is 16.6. The maximum absolute atomic E-state index is 10.7. The summed E-state index contributed by atoms with van der Waals surface area (Å²) in [6, 6.07) is 9.81. The van der Waals surface area contributed by atoms with Gasteiger partial charge >= 0.3 is 11.8 Å². The Kier molecular flexibility index (Phi) is 3.25. The van der Waals surface area contributed by atoms with E-state index >= 15 is 0 Å². The van der Waals surface area contributed by atoms with Crippen LogP contribution in [0.2, 0.25) is 0 Å². The third kappa shape index (κ3) is 2.81. The third-order valence-electron chi connectivity index (χ3n) is 3.35. The molecule has 0 aliphatic carbocycles. The molecule has 21 heavy (non-hydrogen) atoms. The predicted octanol–water partition coefficient (Wildman–Crippen LogP) is 2.27. The third-order valence-corrected chi connectivity index (χ3v) is 3.35. The Labute approximate surface area is 121 Å². The standard InChI is InChI=1S/C14H15N3O4/c1-14(9-20-11-5-3-2-4-6-11)8-16-7-12(17(18)19)15-13(16)21-10-14/h2-7H,8-10H2,1H3/t14-/m1/s1. The molecule has 2 aromatic rings. The summed E-state index contributed by atoms with van der Waals surface area (Å²) < 4.78 is 13.0. The van der Waals surface area contributed by atoms with Crippen LogP contribution in [-0.2, 0) is 6.54 Å². The first-order valence-electron chi connectivity index (χ1n) is 6.58. The van der Waals surface area contributed by atoms with Crippen molar-refractivity contribution in [3.05, 3.63) is 46.6 Å². The fraction of sp³-hybridized carbons (Fsp3) is 0.357. The Morgan fingerprint density at radius 3 is 2.95 bits per heavy atom. The summed E-state index contributed by atoms with van der Waals surface area (Å²) >= 11 is 0. The number of hydrogen-bond acceptors (Lipinski definition) is 5. The van der Waals surface area contributed by atoms with Gasteiger partial charge in [0.05, 0.1) is 12.0 Å². The van der Waals surface area contributed by atoms with E-state index in [4.69, 9.17) is 9.47 Å². The molecule has 1 aliphatic heterocycles. The summed E-state index contributed by atoms with van der Waals surface area (Å²) in [5.41, 5.74) is -0.266. The van der Waals surface area contributed by atoms with E-state index in [0.29, 0.717) is 25.8 Å². The maximum atomic E-state index is 10.7. The van der Waals surface area contributed by atoms with Gasteiger partial charge < -0.3 is 19.6 Å².